The molecule has 0 amide bonds. The molecule has 0 bridgehead atoms. The smallest absolute Gasteiger partial charge is 0.0952 e. The Kier molecular flexibility index (Phi) is 4.05. The molecule has 0 aliphatic heterocycles. The summed E-state index contributed by atoms with van der Waals surface area (Å²) < 4.78 is 1.97. The maximum Gasteiger partial charge on any atom is 0.0952 e. The monoisotopic (exact) mass is 269 g/mol. The summed E-state index contributed by atoms with van der Waals surface area (Å²) in [6, 6.07) is 5.45. The Morgan fingerprint density at radius 2 is 2.12 bits per heavy atom. The van der Waals surface area contributed by atoms with Crippen LogP contribution in [-0.2, 0) is 13.0 Å². The van der Waals surface area contributed by atoms with E-state index >= 15 is 0 Å². The molecule has 2 rings (SSSR count). The van der Waals surface area contributed by atoms with Gasteiger partial charge in [0.2, 0.25) is 0 Å². The summed E-state index contributed by atoms with van der Waals surface area (Å²) in [4.78, 5) is 4.26. The van der Waals surface area contributed by atoms with E-state index in [1.807, 2.05) is 16.8 Å². The van der Waals surface area contributed by atoms with Crippen molar-refractivity contribution in [3.63, 3.8) is 0 Å². The number of nitrogens with two attached hydrogens (primary N) is 1. The SMILES string of the molecule is NCCc1cn(Cc2cc(Cl)ccc2Cl)cn1. The highest BCUT2D eigenvalue weighted by molar-refractivity contribution is 6.33. The van der Waals surface area contributed by atoms with Crippen LogP contribution in [0.2, 0.25) is 10.0 Å². The summed E-state index contributed by atoms with van der Waals surface area (Å²) in [7, 11) is 0. The zero-order valence-corrected chi connectivity index (χ0v) is 10.7. The van der Waals surface area contributed by atoms with Crippen LogP contribution in [0, 0.1) is 0 Å². The van der Waals surface area contributed by atoms with Crippen LogP contribution >= 0.6 is 23.2 Å². The molecule has 1 heterocycles. The summed E-state index contributed by atoms with van der Waals surface area (Å²) in [6.07, 6.45) is 4.54. The first-order chi connectivity index (χ1) is 8.19. The van der Waals surface area contributed by atoms with Crippen LogP contribution in [0.5, 0.6) is 0 Å². The van der Waals surface area contributed by atoms with E-state index < -0.39 is 0 Å². The van der Waals surface area contributed by atoms with Crippen molar-refractivity contribution in [3.8, 4) is 0 Å². The van der Waals surface area contributed by atoms with E-state index in [4.69, 9.17) is 28.9 Å². The fraction of sp³-hybridized carbons (Fsp3) is 0.250. The van der Waals surface area contributed by atoms with Gasteiger partial charge in [-0.25, -0.2) is 4.98 Å². The van der Waals surface area contributed by atoms with Gasteiger partial charge in [0.05, 0.1) is 18.6 Å². The molecular weight excluding hydrogens is 257 g/mol. The van der Waals surface area contributed by atoms with Gasteiger partial charge in [-0.2, -0.15) is 0 Å². The van der Waals surface area contributed by atoms with Gasteiger partial charge in [-0.05, 0) is 30.3 Å². The summed E-state index contributed by atoms with van der Waals surface area (Å²) in [6.45, 7) is 1.27. The van der Waals surface area contributed by atoms with Crippen LogP contribution in [0.25, 0.3) is 0 Å². The summed E-state index contributed by atoms with van der Waals surface area (Å²) >= 11 is 12.0. The van der Waals surface area contributed by atoms with Crippen molar-refractivity contribution >= 4 is 23.2 Å². The Labute approximate surface area is 110 Å². The van der Waals surface area contributed by atoms with Gasteiger partial charge in [-0.1, -0.05) is 23.2 Å². The molecule has 0 fully saturated rings. The number of aromatic nitrogens is 2. The van der Waals surface area contributed by atoms with Crippen molar-refractivity contribution in [3.05, 3.63) is 52.0 Å². The minimum atomic E-state index is 0.606. The standard InChI is InChI=1S/C12H13Cl2N3/c13-10-1-2-12(14)9(5-10)6-17-7-11(3-4-15)16-8-17/h1-2,5,7-8H,3-4,6,15H2. The van der Waals surface area contributed by atoms with Gasteiger partial charge in [0.1, 0.15) is 0 Å². The van der Waals surface area contributed by atoms with Crippen LogP contribution in [-0.4, -0.2) is 16.1 Å². The minimum absolute atomic E-state index is 0.606. The van der Waals surface area contributed by atoms with Crippen molar-refractivity contribution in [2.45, 2.75) is 13.0 Å². The third-order valence-electron chi connectivity index (χ3n) is 2.45. The first-order valence-electron chi connectivity index (χ1n) is 5.33. The van der Waals surface area contributed by atoms with E-state index in [0.29, 0.717) is 23.1 Å². The predicted molar refractivity (Wildman–Crippen MR) is 70.5 cm³/mol. The van der Waals surface area contributed by atoms with Crippen molar-refractivity contribution in [2.24, 2.45) is 5.73 Å². The Morgan fingerprint density at radius 3 is 2.88 bits per heavy atom. The quantitative estimate of drug-likeness (QED) is 0.928. The van der Waals surface area contributed by atoms with E-state index in [9.17, 15) is 0 Å². The number of rotatable bonds is 4. The number of nitrogens with zero attached hydrogens (tertiary/aromatic N) is 2. The van der Waals surface area contributed by atoms with Crippen LogP contribution in [0.4, 0.5) is 0 Å². The summed E-state index contributed by atoms with van der Waals surface area (Å²) in [5.74, 6) is 0. The molecule has 90 valence electrons. The fourth-order valence-electron chi connectivity index (χ4n) is 1.63. The molecule has 0 saturated heterocycles. The van der Waals surface area contributed by atoms with Gasteiger partial charge in [-0.3, -0.25) is 0 Å². The Hall–Kier alpha value is -1.03. The molecule has 0 aliphatic rings. The molecule has 0 saturated carbocycles. The molecule has 17 heavy (non-hydrogen) atoms. The van der Waals surface area contributed by atoms with Gasteiger partial charge in [0, 0.05) is 22.7 Å². The number of benzene rings is 1. The second kappa shape index (κ2) is 5.54. The Balaban J connectivity index is 2.16. The summed E-state index contributed by atoms with van der Waals surface area (Å²) in [5.41, 5.74) is 7.45. The van der Waals surface area contributed by atoms with Gasteiger partial charge in [0.25, 0.3) is 0 Å². The molecule has 0 radical (unpaired) electrons. The van der Waals surface area contributed by atoms with Gasteiger partial charge in [-0.15, -0.1) is 0 Å². The predicted octanol–water partition coefficient (Wildman–Crippen LogP) is 2.74. The maximum absolute atomic E-state index is 6.10. The van der Waals surface area contributed by atoms with E-state index in [1.54, 1.807) is 18.5 Å². The maximum atomic E-state index is 6.10. The molecule has 0 aliphatic carbocycles. The minimum Gasteiger partial charge on any atom is -0.333 e. The molecule has 1 aromatic heterocycles. The second-order valence-corrected chi connectivity index (χ2v) is 4.66. The molecule has 2 N–H and O–H groups in total. The highest BCUT2D eigenvalue weighted by atomic mass is 35.5. The van der Waals surface area contributed by atoms with Crippen LogP contribution in [0.15, 0.2) is 30.7 Å². The largest absolute Gasteiger partial charge is 0.333 e. The van der Waals surface area contributed by atoms with Gasteiger partial charge in [0.15, 0.2) is 0 Å². The van der Waals surface area contributed by atoms with Crippen molar-refractivity contribution < 1.29 is 0 Å². The number of hydrogen-bond donors (Lipinski definition) is 1. The van der Waals surface area contributed by atoms with E-state index in [0.717, 1.165) is 17.7 Å². The first kappa shape index (κ1) is 12.4. The molecule has 5 heteroatoms. The van der Waals surface area contributed by atoms with Crippen molar-refractivity contribution in [1.82, 2.24) is 9.55 Å². The fourth-order valence-corrected chi connectivity index (χ4v) is 2.00. The Bertz CT molecular complexity index is 508. The number of imidazole rings is 1. The lowest BCUT2D eigenvalue weighted by Gasteiger charge is -2.05. The molecule has 1 aromatic carbocycles. The molecule has 0 unspecified atom stereocenters. The van der Waals surface area contributed by atoms with Gasteiger partial charge >= 0.3 is 0 Å². The van der Waals surface area contributed by atoms with Crippen LogP contribution in [0.3, 0.4) is 0 Å². The highest BCUT2D eigenvalue weighted by Gasteiger charge is 2.03. The average molecular weight is 270 g/mol. The number of hydrogen-bond acceptors (Lipinski definition) is 2. The normalized spacial score (nSPS) is 10.8. The zero-order valence-electron chi connectivity index (χ0n) is 9.24. The molecule has 2 aromatic rings. The van der Waals surface area contributed by atoms with E-state index in [2.05, 4.69) is 4.98 Å². The zero-order chi connectivity index (χ0) is 12.3. The molecule has 3 nitrogen and oxygen atoms in total. The third kappa shape index (κ3) is 3.22. The Morgan fingerprint density at radius 1 is 1.29 bits per heavy atom. The highest BCUT2D eigenvalue weighted by Crippen LogP contribution is 2.21. The average Bonchev–Trinajstić information content (AvgIpc) is 2.72. The molecular formula is C12H13Cl2N3. The first-order valence-corrected chi connectivity index (χ1v) is 6.09. The van der Waals surface area contributed by atoms with Crippen molar-refractivity contribution in [2.75, 3.05) is 6.54 Å². The lowest BCUT2D eigenvalue weighted by atomic mass is 10.2. The molecule has 0 spiro atoms. The lowest BCUT2D eigenvalue weighted by Crippen LogP contribution is -2.03. The van der Waals surface area contributed by atoms with Crippen LogP contribution in [0.1, 0.15) is 11.3 Å². The van der Waals surface area contributed by atoms with E-state index in [-0.39, 0.29) is 0 Å². The van der Waals surface area contributed by atoms with Crippen LogP contribution < -0.4 is 5.73 Å². The second-order valence-electron chi connectivity index (χ2n) is 3.81. The third-order valence-corrected chi connectivity index (χ3v) is 3.05. The molecule has 0 atom stereocenters. The van der Waals surface area contributed by atoms with Gasteiger partial charge < -0.3 is 10.3 Å². The number of halogens is 2. The summed E-state index contributed by atoms with van der Waals surface area (Å²) in [5, 5.41) is 1.40. The van der Waals surface area contributed by atoms with Crippen molar-refractivity contribution in [1.29, 1.82) is 0 Å². The lowest BCUT2D eigenvalue weighted by molar-refractivity contribution is 0.796. The van der Waals surface area contributed by atoms with E-state index in [1.165, 1.54) is 0 Å². The topological polar surface area (TPSA) is 43.8 Å².